The van der Waals surface area contributed by atoms with Gasteiger partial charge in [-0.05, 0) is 67.1 Å². The van der Waals surface area contributed by atoms with Crippen LogP contribution in [0, 0.1) is 22.2 Å². The summed E-state index contributed by atoms with van der Waals surface area (Å²) >= 11 is 0. The van der Waals surface area contributed by atoms with E-state index >= 15 is 0 Å². The van der Waals surface area contributed by atoms with Crippen molar-refractivity contribution in [2.24, 2.45) is 22.2 Å². The standard InChI is InChI=1S/C22H40/c1-4-6-13-21(16-9-10-17-21)22(18-11-12-19(22)3)20(5-2)14-7-8-15-20/h19H,4-18H2,1-3H3. The SMILES string of the molecule is CCCCC1(C2(C3(CC)CCCC3)CCCC2C)CCCC1. The molecule has 3 saturated carbocycles. The van der Waals surface area contributed by atoms with Gasteiger partial charge in [-0.3, -0.25) is 0 Å². The van der Waals surface area contributed by atoms with E-state index in [1.807, 2.05) is 0 Å². The zero-order valence-electron chi connectivity index (χ0n) is 15.7. The number of rotatable bonds is 6. The second-order valence-electron chi connectivity index (χ2n) is 9.20. The highest BCUT2D eigenvalue weighted by Crippen LogP contribution is 2.74. The summed E-state index contributed by atoms with van der Waals surface area (Å²) in [4.78, 5) is 0. The van der Waals surface area contributed by atoms with Crippen LogP contribution in [0.2, 0.25) is 0 Å². The Morgan fingerprint density at radius 3 is 1.82 bits per heavy atom. The van der Waals surface area contributed by atoms with Gasteiger partial charge in [-0.15, -0.1) is 0 Å². The van der Waals surface area contributed by atoms with E-state index < -0.39 is 0 Å². The quantitative estimate of drug-likeness (QED) is 0.476. The first-order valence-electron chi connectivity index (χ1n) is 10.7. The minimum atomic E-state index is 0.705. The first kappa shape index (κ1) is 16.8. The molecule has 0 spiro atoms. The summed E-state index contributed by atoms with van der Waals surface area (Å²) in [6.45, 7) is 7.61. The number of unbranched alkanes of at least 4 members (excludes halogenated alkanes) is 1. The summed E-state index contributed by atoms with van der Waals surface area (Å²) in [6, 6.07) is 0. The number of hydrogen-bond acceptors (Lipinski definition) is 0. The highest BCUT2D eigenvalue weighted by molar-refractivity contribution is 5.14. The van der Waals surface area contributed by atoms with Crippen molar-refractivity contribution in [1.29, 1.82) is 0 Å². The van der Waals surface area contributed by atoms with Crippen LogP contribution in [0.15, 0.2) is 0 Å². The molecule has 22 heavy (non-hydrogen) atoms. The Bertz CT molecular complexity index is 356. The van der Waals surface area contributed by atoms with Crippen LogP contribution in [-0.2, 0) is 0 Å². The van der Waals surface area contributed by atoms with E-state index in [1.165, 1.54) is 57.8 Å². The van der Waals surface area contributed by atoms with Gasteiger partial charge in [0.15, 0.2) is 0 Å². The van der Waals surface area contributed by atoms with Gasteiger partial charge in [0.05, 0.1) is 0 Å². The van der Waals surface area contributed by atoms with E-state index in [0.29, 0.717) is 10.8 Å². The van der Waals surface area contributed by atoms with Crippen LogP contribution >= 0.6 is 0 Å². The third kappa shape index (κ3) is 2.22. The summed E-state index contributed by atoms with van der Waals surface area (Å²) < 4.78 is 0. The molecule has 3 fully saturated rings. The molecule has 0 aromatic heterocycles. The summed E-state index contributed by atoms with van der Waals surface area (Å²) in [5, 5.41) is 0. The zero-order valence-corrected chi connectivity index (χ0v) is 15.7. The largest absolute Gasteiger partial charge is 0.0654 e. The van der Waals surface area contributed by atoms with Gasteiger partial charge in [0.2, 0.25) is 0 Å². The molecule has 128 valence electrons. The second kappa shape index (κ2) is 6.48. The Kier molecular flexibility index (Phi) is 4.96. The molecule has 3 rings (SSSR count). The molecule has 0 radical (unpaired) electrons. The summed E-state index contributed by atoms with van der Waals surface area (Å²) in [6.07, 6.45) is 22.9. The molecule has 3 aliphatic rings. The Hall–Kier alpha value is 0. The molecule has 0 amide bonds. The van der Waals surface area contributed by atoms with Crippen LogP contribution in [-0.4, -0.2) is 0 Å². The van der Waals surface area contributed by atoms with E-state index in [0.717, 1.165) is 11.3 Å². The molecule has 0 aliphatic heterocycles. The smallest absolute Gasteiger partial charge is 0.0159 e. The van der Waals surface area contributed by atoms with Crippen molar-refractivity contribution < 1.29 is 0 Å². The van der Waals surface area contributed by atoms with E-state index in [1.54, 1.807) is 38.5 Å². The first-order valence-corrected chi connectivity index (χ1v) is 10.7. The molecule has 0 nitrogen and oxygen atoms in total. The van der Waals surface area contributed by atoms with Gasteiger partial charge in [-0.1, -0.05) is 72.1 Å². The second-order valence-corrected chi connectivity index (χ2v) is 9.20. The molecular weight excluding hydrogens is 264 g/mol. The van der Waals surface area contributed by atoms with Crippen LogP contribution in [0.3, 0.4) is 0 Å². The fourth-order valence-electron chi connectivity index (χ4n) is 7.97. The van der Waals surface area contributed by atoms with E-state index in [2.05, 4.69) is 20.8 Å². The molecule has 3 aliphatic carbocycles. The molecule has 2 unspecified atom stereocenters. The fraction of sp³-hybridized carbons (Fsp3) is 1.00. The Labute approximate surface area is 139 Å². The molecule has 0 bridgehead atoms. The van der Waals surface area contributed by atoms with Crippen molar-refractivity contribution >= 4 is 0 Å². The highest BCUT2D eigenvalue weighted by atomic mass is 14.7. The van der Waals surface area contributed by atoms with Crippen LogP contribution in [0.5, 0.6) is 0 Å². The Morgan fingerprint density at radius 2 is 1.36 bits per heavy atom. The van der Waals surface area contributed by atoms with Crippen molar-refractivity contribution in [3.63, 3.8) is 0 Å². The topological polar surface area (TPSA) is 0 Å². The lowest BCUT2D eigenvalue weighted by Crippen LogP contribution is -2.53. The van der Waals surface area contributed by atoms with Gasteiger partial charge >= 0.3 is 0 Å². The van der Waals surface area contributed by atoms with Crippen molar-refractivity contribution in [3.05, 3.63) is 0 Å². The lowest BCUT2D eigenvalue weighted by Gasteiger charge is -2.60. The zero-order chi connectivity index (χ0) is 15.7. The normalized spacial score (nSPS) is 37.0. The van der Waals surface area contributed by atoms with Gasteiger partial charge in [-0.25, -0.2) is 0 Å². The van der Waals surface area contributed by atoms with Crippen LogP contribution < -0.4 is 0 Å². The van der Waals surface area contributed by atoms with Gasteiger partial charge in [0, 0.05) is 0 Å². The molecule has 0 aromatic rings. The minimum absolute atomic E-state index is 0.705. The summed E-state index contributed by atoms with van der Waals surface area (Å²) in [5.41, 5.74) is 2.14. The van der Waals surface area contributed by atoms with Gasteiger partial charge in [-0.2, -0.15) is 0 Å². The molecule has 0 heterocycles. The lowest BCUT2D eigenvalue weighted by atomic mass is 9.44. The van der Waals surface area contributed by atoms with E-state index in [-0.39, 0.29) is 0 Å². The van der Waals surface area contributed by atoms with Gasteiger partial charge < -0.3 is 0 Å². The third-order valence-electron chi connectivity index (χ3n) is 8.75. The van der Waals surface area contributed by atoms with Crippen molar-refractivity contribution in [2.75, 3.05) is 0 Å². The van der Waals surface area contributed by atoms with Gasteiger partial charge in [0.1, 0.15) is 0 Å². The molecule has 0 heteroatoms. The maximum absolute atomic E-state index is 2.66. The third-order valence-corrected chi connectivity index (χ3v) is 8.75. The molecule has 0 aromatic carbocycles. The Morgan fingerprint density at radius 1 is 0.773 bits per heavy atom. The first-order chi connectivity index (χ1) is 10.7. The summed E-state index contributed by atoms with van der Waals surface area (Å²) in [5.74, 6) is 0.987. The van der Waals surface area contributed by atoms with Gasteiger partial charge in [0.25, 0.3) is 0 Å². The summed E-state index contributed by atoms with van der Waals surface area (Å²) in [7, 11) is 0. The lowest BCUT2D eigenvalue weighted by molar-refractivity contribution is -0.120. The molecular formula is C22H40. The molecule has 0 N–H and O–H groups in total. The maximum Gasteiger partial charge on any atom is -0.0159 e. The van der Waals surface area contributed by atoms with Crippen molar-refractivity contribution in [3.8, 4) is 0 Å². The predicted octanol–water partition coefficient (Wildman–Crippen LogP) is 7.51. The van der Waals surface area contributed by atoms with Crippen molar-refractivity contribution in [1.82, 2.24) is 0 Å². The average molecular weight is 305 g/mol. The van der Waals surface area contributed by atoms with Crippen LogP contribution in [0.1, 0.15) is 117 Å². The Balaban J connectivity index is 2.04. The van der Waals surface area contributed by atoms with Crippen LogP contribution in [0.25, 0.3) is 0 Å². The van der Waals surface area contributed by atoms with Crippen LogP contribution in [0.4, 0.5) is 0 Å². The van der Waals surface area contributed by atoms with E-state index in [4.69, 9.17) is 0 Å². The van der Waals surface area contributed by atoms with Crippen molar-refractivity contribution in [2.45, 2.75) is 117 Å². The fourth-order valence-corrected chi connectivity index (χ4v) is 7.97. The molecule has 0 saturated heterocycles. The van der Waals surface area contributed by atoms with E-state index in [9.17, 15) is 0 Å². The predicted molar refractivity (Wildman–Crippen MR) is 97.1 cm³/mol. The molecule has 2 atom stereocenters. The minimum Gasteiger partial charge on any atom is -0.0654 e. The monoisotopic (exact) mass is 304 g/mol. The number of hydrogen-bond donors (Lipinski definition) is 0. The maximum atomic E-state index is 2.66. The highest BCUT2D eigenvalue weighted by Gasteiger charge is 2.65. The average Bonchev–Trinajstić information content (AvgIpc) is 3.25.